The molecule has 2 amide bonds. The maximum absolute atomic E-state index is 13.0. The number of hydrogen-bond acceptors (Lipinski definition) is 7. The van der Waals surface area contributed by atoms with Crippen molar-refractivity contribution in [3.63, 3.8) is 0 Å². The Kier molecular flexibility index (Phi) is 7.01. The number of alkyl halides is 3. The number of carboxylic acids is 1. The van der Waals surface area contributed by atoms with Gasteiger partial charge in [-0.1, -0.05) is 23.4 Å². The van der Waals surface area contributed by atoms with Gasteiger partial charge in [-0.2, -0.15) is 18.2 Å². The number of carbonyl (C=O) groups is 3. The van der Waals surface area contributed by atoms with Crippen LogP contribution >= 0.6 is 0 Å². The smallest absolute Gasteiger partial charge is 0.471 e. The molecule has 1 aliphatic rings. The standard InChI is InChI=1S/C23H19F3N4O6/c24-23(25,26)22-28-18(29-36-22)13-4-6-14(7-5-13)19(31)27-11-17-12-35-9-8-30(17)20(32)15-2-1-3-16(10-15)21(33)34/h1-7,10,17H,8-9,11-12H2,(H,27,31)(H,33,34)/t17-/m0/s1. The van der Waals surface area contributed by atoms with Gasteiger partial charge >= 0.3 is 18.0 Å². The number of rotatable bonds is 6. The second kappa shape index (κ2) is 10.2. The maximum atomic E-state index is 13.0. The van der Waals surface area contributed by atoms with E-state index in [4.69, 9.17) is 4.74 Å². The zero-order valence-electron chi connectivity index (χ0n) is 18.5. The fraction of sp³-hybridized carbons (Fsp3) is 0.261. The summed E-state index contributed by atoms with van der Waals surface area (Å²) < 4.78 is 47.6. The Balaban J connectivity index is 1.40. The normalized spacial score (nSPS) is 16.0. The molecule has 13 heteroatoms. The minimum atomic E-state index is -4.76. The lowest BCUT2D eigenvalue weighted by molar-refractivity contribution is -0.159. The zero-order valence-corrected chi connectivity index (χ0v) is 18.5. The summed E-state index contributed by atoms with van der Waals surface area (Å²) in [5.41, 5.74) is 0.644. The van der Waals surface area contributed by atoms with Gasteiger partial charge in [0, 0.05) is 29.8 Å². The molecule has 0 unspecified atom stereocenters. The quantitative estimate of drug-likeness (QED) is 0.523. The lowest BCUT2D eigenvalue weighted by atomic mass is 10.1. The highest BCUT2D eigenvalue weighted by molar-refractivity contribution is 5.98. The van der Waals surface area contributed by atoms with Crippen LogP contribution in [0.5, 0.6) is 0 Å². The van der Waals surface area contributed by atoms with E-state index in [0.29, 0.717) is 6.61 Å². The van der Waals surface area contributed by atoms with Gasteiger partial charge in [0.25, 0.3) is 11.8 Å². The Morgan fingerprint density at radius 1 is 1.08 bits per heavy atom. The topological polar surface area (TPSA) is 135 Å². The van der Waals surface area contributed by atoms with E-state index in [1.807, 2.05) is 0 Å². The molecule has 0 radical (unpaired) electrons. The van der Waals surface area contributed by atoms with E-state index in [1.165, 1.54) is 53.4 Å². The number of amides is 2. The number of morpholine rings is 1. The van der Waals surface area contributed by atoms with Crippen LogP contribution in [-0.2, 0) is 10.9 Å². The molecule has 4 rings (SSSR count). The van der Waals surface area contributed by atoms with Crippen molar-refractivity contribution in [1.82, 2.24) is 20.4 Å². The number of hydrogen-bond donors (Lipinski definition) is 2. The highest BCUT2D eigenvalue weighted by Crippen LogP contribution is 2.29. The highest BCUT2D eigenvalue weighted by atomic mass is 19.4. The molecule has 2 N–H and O–H groups in total. The van der Waals surface area contributed by atoms with Crippen molar-refractivity contribution in [1.29, 1.82) is 0 Å². The summed E-state index contributed by atoms with van der Waals surface area (Å²) in [6.07, 6.45) is -4.76. The predicted octanol–water partition coefficient (Wildman–Crippen LogP) is 2.72. The lowest BCUT2D eigenvalue weighted by Gasteiger charge is -2.35. The van der Waals surface area contributed by atoms with Gasteiger partial charge in [0.15, 0.2) is 0 Å². The number of carboxylic acid groups (broad SMARTS) is 1. The number of aromatic carboxylic acids is 1. The Morgan fingerprint density at radius 2 is 1.81 bits per heavy atom. The third-order valence-electron chi connectivity index (χ3n) is 5.42. The predicted molar refractivity (Wildman–Crippen MR) is 116 cm³/mol. The van der Waals surface area contributed by atoms with E-state index in [9.17, 15) is 32.7 Å². The van der Waals surface area contributed by atoms with Gasteiger partial charge in [-0.05, 0) is 30.3 Å². The van der Waals surface area contributed by atoms with Crippen molar-refractivity contribution in [2.75, 3.05) is 26.3 Å². The number of ether oxygens (including phenoxy) is 1. The van der Waals surface area contributed by atoms with Crippen LogP contribution in [0.25, 0.3) is 11.4 Å². The van der Waals surface area contributed by atoms with Gasteiger partial charge in [-0.15, -0.1) is 0 Å². The number of nitrogens with zero attached hydrogens (tertiary/aromatic N) is 3. The molecule has 3 aromatic rings. The fourth-order valence-corrected chi connectivity index (χ4v) is 3.58. The van der Waals surface area contributed by atoms with E-state index < -0.39 is 30.0 Å². The first-order valence-electron chi connectivity index (χ1n) is 10.6. The Morgan fingerprint density at radius 3 is 2.47 bits per heavy atom. The van der Waals surface area contributed by atoms with E-state index >= 15 is 0 Å². The number of nitrogens with one attached hydrogen (secondary N) is 1. The third kappa shape index (κ3) is 5.51. The summed E-state index contributed by atoms with van der Waals surface area (Å²) in [5, 5.41) is 15.2. The van der Waals surface area contributed by atoms with Crippen molar-refractivity contribution < 1.29 is 41.9 Å². The van der Waals surface area contributed by atoms with Gasteiger partial charge in [-0.25, -0.2) is 4.79 Å². The van der Waals surface area contributed by atoms with Crippen LogP contribution < -0.4 is 5.32 Å². The summed E-state index contributed by atoms with van der Waals surface area (Å²) in [7, 11) is 0. The highest BCUT2D eigenvalue weighted by Gasteiger charge is 2.38. The number of halogens is 3. The first-order valence-corrected chi connectivity index (χ1v) is 10.6. The summed E-state index contributed by atoms with van der Waals surface area (Å²) in [5.74, 6) is -3.75. The molecule has 0 spiro atoms. The molecule has 2 aromatic carbocycles. The maximum Gasteiger partial charge on any atom is 0.471 e. The molecule has 36 heavy (non-hydrogen) atoms. The SMILES string of the molecule is O=C(O)c1cccc(C(=O)N2CCOC[C@@H]2CNC(=O)c2ccc(-c3noc(C(F)(F)F)n3)cc2)c1. The molecule has 188 valence electrons. The first kappa shape index (κ1) is 24.9. The van der Waals surface area contributed by atoms with Crippen LogP contribution in [0.3, 0.4) is 0 Å². The summed E-state index contributed by atoms with van der Waals surface area (Å²) in [6.45, 7) is 0.784. The van der Waals surface area contributed by atoms with Gasteiger partial charge in [0.05, 0.1) is 24.8 Å². The first-order chi connectivity index (χ1) is 17.1. The van der Waals surface area contributed by atoms with Crippen molar-refractivity contribution in [3.05, 3.63) is 71.1 Å². The van der Waals surface area contributed by atoms with Crippen LogP contribution in [0.15, 0.2) is 53.1 Å². The molecule has 0 bridgehead atoms. The number of aromatic nitrogens is 2. The van der Waals surface area contributed by atoms with Crippen LogP contribution in [-0.4, -0.2) is 70.3 Å². The Hall–Kier alpha value is -4.26. The minimum absolute atomic E-state index is 0.0159. The number of benzene rings is 2. The van der Waals surface area contributed by atoms with Crippen molar-refractivity contribution >= 4 is 17.8 Å². The summed E-state index contributed by atoms with van der Waals surface area (Å²) >= 11 is 0. The molecular weight excluding hydrogens is 485 g/mol. The molecule has 0 aliphatic carbocycles. The fourth-order valence-electron chi connectivity index (χ4n) is 3.58. The van der Waals surface area contributed by atoms with Crippen molar-refractivity contribution in [2.45, 2.75) is 12.2 Å². The molecule has 2 heterocycles. The van der Waals surface area contributed by atoms with E-state index in [2.05, 4.69) is 20.0 Å². The van der Waals surface area contributed by atoms with Crippen LogP contribution in [0.2, 0.25) is 0 Å². The molecule has 1 saturated heterocycles. The lowest BCUT2D eigenvalue weighted by Crippen LogP contribution is -2.53. The van der Waals surface area contributed by atoms with Gasteiger partial charge < -0.3 is 24.6 Å². The molecule has 10 nitrogen and oxygen atoms in total. The average molecular weight is 504 g/mol. The van der Waals surface area contributed by atoms with Crippen molar-refractivity contribution in [3.8, 4) is 11.4 Å². The molecular formula is C23H19F3N4O6. The monoisotopic (exact) mass is 504 g/mol. The third-order valence-corrected chi connectivity index (χ3v) is 5.42. The van der Waals surface area contributed by atoms with Gasteiger partial charge in [0.1, 0.15) is 0 Å². The Bertz CT molecular complexity index is 1280. The van der Waals surface area contributed by atoms with Crippen molar-refractivity contribution in [2.24, 2.45) is 0 Å². The zero-order chi connectivity index (χ0) is 25.9. The molecule has 0 saturated carbocycles. The Labute approximate surface area is 201 Å². The minimum Gasteiger partial charge on any atom is -0.478 e. The van der Waals surface area contributed by atoms with Gasteiger partial charge in [-0.3, -0.25) is 9.59 Å². The molecule has 1 aromatic heterocycles. The van der Waals surface area contributed by atoms with Crippen LogP contribution in [0.4, 0.5) is 13.2 Å². The van der Waals surface area contributed by atoms with E-state index in [0.717, 1.165) is 0 Å². The van der Waals surface area contributed by atoms with Crippen LogP contribution in [0.1, 0.15) is 37.0 Å². The summed E-state index contributed by atoms with van der Waals surface area (Å²) in [4.78, 5) is 41.7. The molecule has 1 aliphatic heterocycles. The van der Waals surface area contributed by atoms with E-state index in [1.54, 1.807) is 0 Å². The van der Waals surface area contributed by atoms with Gasteiger partial charge in [0.2, 0.25) is 5.82 Å². The molecule has 1 atom stereocenters. The largest absolute Gasteiger partial charge is 0.478 e. The van der Waals surface area contributed by atoms with E-state index in [-0.39, 0.29) is 53.7 Å². The molecule has 1 fully saturated rings. The van der Waals surface area contributed by atoms with Crippen LogP contribution in [0, 0.1) is 0 Å². The second-order valence-corrected chi connectivity index (χ2v) is 7.82. The summed E-state index contributed by atoms with van der Waals surface area (Å²) in [6, 6.07) is 10.7. The number of carbonyl (C=O) groups excluding carboxylic acids is 2. The second-order valence-electron chi connectivity index (χ2n) is 7.82. The average Bonchev–Trinajstić information content (AvgIpc) is 3.38.